The average molecular weight is 239 g/mol. The molecule has 1 nitrogen and oxygen atoms in total. The standard InChI is InChI=1S/C16H33N/c1-3-5-6-7-8-9-10-11-12-16-15(4-2)13-14-17-16/h15-17H,3-14H2,1-2H3. The minimum atomic E-state index is 0.847. The monoisotopic (exact) mass is 239 g/mol. The molecule has 1 rings (SSSR count). The molecule has 0 spiro atoms. The van der Waals surface area contributed by atoms with E-state index < -0.39 is 0 Å². The fourth-order valence-corrected chi connectivity index (χ4v) is 3.15. The second-order valence-electron chi connectivity index (χ2n) is 5.78. The molecule has 1 heterocycles. The van der Waals surface area contributed by atoms with Crippen molar-refractivity contribution in [3.8, 4) is 0 Å². The summed E-state index contributed by atoms with van der Waals surface area (Å²) >= 11 is 0. The summed E-state index contributed by atoms with van der Waals surface area (Å²) in [6.45, 7) is 5.90. The SMILES string of the molecule is CCCCCCCCCCC1NCCC1CC. The van der Waals surface area contributed by atoms with E-state index in [0.717, 1.165) is 12.0 Å². The van der Waals surface area contributed by atoms with Gasteiger partial charge in [-0.1, -0.05) is 71.6 Å². The van der Waals surface area contributed by atoms with Crippen molar-refractivity contribution in [2.45, 2.75) is 90.5 Å². The molecule has 1 aliphatic heterocycles. The highest BCUT2D eigenvalue weighted by Crippen LogP contribution is 2.23. The number of unbranched alkanes of at least 4 members (excludes halogenated alkanes) is 7. The molecule has 1 saturated heterocycles. The number of hydrogen-bond acceptors (Lipinski definition) is 1. The van der Waals surface area contributed by atoms with Crippen molar-refractivity contribution in [2.24, 2.45) is 5.92 Å². The topological polar surface area (TPSA) is 12.0 Å². The predicted molar refractivity (Wildman–Crippen MR) is 77.4 cm³/mol. The molecule has 0 aromatic carbocycles. The van der Waals surface area contributed by atoms with Crippen LogP contribution in [0.5, 0.6) is 0 Å². The van der Waals surface area contributed by atoms with Crippen LogP contribution in [0.15, 0.2) is 0 Å². The van der Waals surface area contributed by atoms with Crippen LogP contribution in [-0.2, 0) is 0 Å². The Morgan fingerprint density at radius 3 is 2.18 bits per heavy atom. The highest BCUT2D eigenvalue weighted by Gasteiger charge is 2.23. The van der Waals surface area contributed by atoms with E-state index >= 15 is 0 Å². The Bertz CT molecular complexity index is 167. The third kappa shape index (κ3) is 6.45. The molecule has 1 fully saturated rings. The fourth-order valence-electron chi connectivity index (χ4n) is 3.15. The van der Waals surface area contributed by atoms with Crippen molar-refractivity contribution in [3.05, 3.63) is 0 Å². The Morgan fingerprint density at radius 1 is 0.882 bits per heavy atom. The van der Waals surface area contributed by atoms with Crippen LogP contribution in [0.1, 0.15) is 84.5 Å². The summed E-state index contributed by atoms with van der Waals surface area (Å²) in [5.74, 6) is 0.972. The van der Waals surface area contributed by atoms with E-state index in [1.165, 1.54) is 77.2 Å². The van der Waals surface area contributed by atoms with Crippen molar-refractivity contribution in [3.63, 3.8) is 0 Å². The lowest BCUT2D eigenvalue weighted by Gasteiger charge is -2.17. The van der Waals surface area contributed by atoms with E-state index in [-0.39, 0.29) is 0 Å². The molecule has 2 unspecified atom stereocenters. The number of nitrogens with one attached hydrogen (secondary N) is 1. The van der Waals surface area contributed by atoms with Gasteiger partial charge in [0, 0.05) is 6.04 Å². The van der Waals surface area contributed by atoms with Gasteiger partial charge in [0.05, 0.1) is 0 Å². The van der Waals surface area contributed by atoms with E-state index in [9.17, 15) is 0 Å². The van der Waals surface area contributed by atoms with Crippen LogP contribution in [0.2, 0.25) is 0 Å². The second-order valence-corrected chi connectivity index (χ2v) is 5.78. The van der Waals surface area contributed by atoms with E-state index in [1.54, 1.807) is 0 Å². The fraction of sp³-hybridized carbons (Fsp3) is 1.00. The highest BCUT2D eigenvalue weighted by molar-refractivity contribution is 4.82. The summed E-state index contributed by atoms with van der Waals surface area (Å²) < 4.78 is 0. The van der Waals surface area contributed by atoms with Gasteiger partial charge in [0.15, 0.2) is 0 Å². The summed E-state index contributed by atoms with van der Waals surface area (Å²) in [7, 11) is 0. The lowest BCUT2D eigenvalue weighted by atomic mass is 9.93. The van der Waals surface area contributed by atoms with Crippen LogP contribution in [0, 0.1) is 5.92 Å². The Hall–Kier alpha value is -0.0400. The maximum atomic E-state index is 3.68. The minimum absolute atomic E-state index is 0.847. The molecule has 1 N–H and O–H groups in total. The van der Waals surface area contributed by atoms with Crippen molar-refractivity contribution >= 4 is 0 Å². The van der Waals surface area contributed by atoms with Crippen LogP contribution >= 0.6 is 0 Å². The third-order valence-corrected chi connectivity index (χ3v) is 4.38. The minimum Gasteiger partial charge on any atom is -0.314 e. The first-order valence-electron chi connectivity index (χ1n) is 8.11. The van der Waals surface area contributed by atoms with E-state index in [2.05, 4.69) is 19.2 Å². The first-order chi connectivity index (χ1) is 8.38. The summed E-state index contributed by atoms with van der Waals surface area (Å²) in [6, 6.07) is 0.847. The van der Waals surface area contributed by atoms with Crippen molar-refractivity contribution in [1.82, 2.24) is 5.32 Å². The molecule has 0 aromatic rings. The normalized spacial score (nSPS) is 24.4. The first-order valence-corrected chi connectivity index (χ1v) is 8.11. The number of rotatable bonds is 10. The Balaban J connectivity index is 1.87. The molecule has 102 valence electrons. The van der Waals surface area contributed by atoms with Crippen molar-refractivity contribution < 1.29 is 0 Å². The molecule has 0 amide bonds. The molecule has 2 atom stereocenters. The molecule has 0 aromatic heterocycles. The van der Waals surface area contributed by atoms with Gasteiger partial charge < -0.3 is 5.32 Å². The maximum Gasteiger partial charge on any atom is 0.00956 e. The summed E-state index contributed by atoms with van der Waals surface area (Å²) in [4.78, 5) is 0. The molecule has 17 heavy (non-hydrogen) atoms. The van der Waals surface area contributed by atoms with Gasteiger partial charge >= 0.3 is 0 Å². The predicted octanol–water partition coefficient (Wildman–Crippen LogP) is 4.91. The van der Waals surface area contributed by atoms with Gasteiger partial charge in [-0.3, -0.25) is 0 Å². The molecule has 0 aliphatic carbocycles. The highest BCUT2D eigenvalue weighted by atomic mass is 14.9. The number of hydrogen-bond donors (Lipinski definition) is 1. The first kappa shape index (κ1) is 15.0. The summed E-state index contributed by atoms with van der Waals surface area (Å²) in [5, 5.41) is 3.68. The Kier molecular flexibility index (Phi) is 8.78. The largest absolute Gasteiger partial charge is 0.314 e. The zero-order valence-corrected chi connectivity index (χ0v) is 12.1. The second kappa shape index (κ2) is 9.94. The van der Waals surface area contributed by atoms with Gasteiger partial charge in [0.25, 0.3) is 0 Å². The van der Waals surface area contributed by atoms with Gasteiger partial charge in [0.1, 0.15) is 0 Å². The quantitative estimate of drug-likeness (QED) is 0.534. The molecule has 1 heteroatoms. The van der Waals surface area contributed by atoms with Gasteiger partial charge in [-0.05, 0) is 25.3 Å². The van der Waals surface area contributed by atoms with Crippen LogP contribution in [-0.4, -0.2) is 12.6 Å². The van der Waals surface area contributed by atoms with Crippen LogP contribution < -0.4 is 5.32 Å². The zero-order chi connectivity index (χ0) is 12.3. The third-order valence-electron chi connectivity index (χ3n) is 4.38. The molecular formula is C16H33N. The van der Waals surface area contributed by atoms with Gasteiger partial charge in [-0.2, -0.15) is 0 Å². The van der Waals surface area contributed by atoms with E-state index in [1.807, 2.05) is 0 Å². The van der Waals surface area contributed by atoms with E-state index in [4.69, 9.17) is 0 Å². The van der Waals surface area contributed by atoms with Gasteiger partial charge in [0.2, 0.25) is 0 Å². The maximum absolute atomic E-state index is 3.68. The van der Waals surface area contributed by atoms with Crippen LogP contribution in [0.4, 0.5) is 0 Å². The van der Waals surface area contributed by atoms with Crippen molar-refractivity contribution in [2.75, 3.05) is 6.54 Å². The molecule has 0 bridgehead atoms. The summed E-state index contributed by atoms with van der Waals surface area (Å²) in [5.41, 5.74) is 0. The van der Waals surface area contributed by atoms with E-state index in [0.29, 0.717) is 0 Å². The Morgan fingerprint density at radius 2 is 1.53 bits per heavy atom. The zero-order valence-electron chi connectivity index (χ0n) is 12.1. The van der Waals surface area contributed by atoms with Crippen molar-refractivity contribution in [1.29, 1.82) is 0 Å². The average Bonchev–Trinajstić information content (AvgIpc) is 2.80. The smallest absolute Gasteiger partial charge is 0.00956 e. The lowest BCUT2D eigenvalue weighted by molar-refractivity contribution is 0.396. The summed E-state index contributed by atoms with van der Waals surface area (Å²) in [6.07, 6.45) is 15.8. The molecule has 0 radical (unpaired) electrons. The molecular weight excluding hydrogens is 206 g/mol. The van der Waals surface area contributed by atoms with Crippen LogP contribution in [0.25, 0.3) is 0 Å². The molecule has 1 aliphatic rings. The Labute approximate surface area is 109 Å². The van der Waals surface area contributed by atoms with Gasteiger partial charge in [-0.15, -0.1) is 0 Å². The van der Waals surface area contributed by atoms with Crippen LogP contribution in [0.3, 0.4) is 0 Å². The lowest BCUT2D eigenvalue weighted by Crippen LogP contribution is -2.26. The molecule has 0 saturated carbocycles. The van der Waals surface area contributed by atoms with Gasteiger partial charge in [-0.25, -0.2) is 0 Å².